The van der Waals surface area contributed by atoms with Crippen molar-refractivity contribution in [1.82, 2.24) is 14.5 Å². The van der Waals surface area contributed by atoms with Crippen LogP contribution in [-0.2, 0) is 42.1 Å². The summed E-state index contributed by atoms with van der Waals surface area (Å²) in [7, 11) is 0. The van der Waals surface area contributed by atoms with Crippen LogP contribution in [0.15, 0.2) is 60.7 Å². The number of nitrogens with zero attached hydrogens (tertiary/aromatic N) is 4. The maximum Gasteiger partial charge on any atom is 0.338 e. The second-order valence-corrected chi connectivity index (χ2v) is 12.1. The van der Waals surface area contributed by atoms with Gasteiger partial charge in [0.2, 0.25) is 0 Å². The number of aromatic nitrogens is 2. The molecule has 8 heteroatoms. The third-order valence-electron chi connectivity index (χ3n) is 7.76. The average molecular weight is 565 g/mol. The normalized spacial score (nSPS) is 16.9. The zero-order valence-corrected chi connectivity index (χ0v) is 24.4. The summed E-state index contributed by atoms with van der Waals surface area (Å²) in [5, 5.41) is 9.02. The maximum atomic E-state index is 12.8. The van der Waals surface area contributed by atoms with Crippen molar-refractivity contribution in [3.05, 3.63) is 94.3 Å². The molecule has 6 rings (SSSR count). The number of imidazole rings is 1. The molecule has 0 unspecified atom stereocenters. The third kappa shape index (κ3) is 6.33. The number of carbonyl (C=O) groups is 1. The zero-order valence-electron chi connectivity index (χ0n) is 24.4. The Morgan fingerprint density at radius 2 is 1.90 bits per heavy atom. The van der Waals surface area contributed by atoms with E-state index in [1.54, 1.807) is 6.07 Å². The van der Waals surface area contributed by atoms with Crippen molar-refractivity contribution in [2.45, 2.75) is 71.6 Å². The fourth-order valence-electron chi connectivity index (χ4n) is 5.45. The van der Waals surface area contributed by atoms with Gasteiger partial charge in [-0.1, -0.05) is 18.2 Å². The SMILES string of the molecule is CC(C)(C)OC(=O)c1ccc2nc(CN3CCc4ccc(OCc5ccc(C#N)cc5)cc4C3)n(C[C@@H]3CCO3)c2c1. The van der Waals surface area contributed by atoms with E-state index < -0.39 is 5.60 Å². The highest BCUT2D eigenvalue weighted by Gasteiger charge is 2.25. The molecule has 4 aromatic rings. The largest absolute Gasteiger partial charge is 0.489 e. The fraction of sp³-hybridized carbons (Fsp3) is 0.382. The molecule has 0 radical (unpaired) electrons. The highest BCUT2D eigenvalue weighted by atomic mass is 16.6. The Bertz CT molecular complexity index is 1640. The minimum absolute atomic E-state index is 0.157. The van der Waals surface area contributed by atoms with Gasteiger partial charge >= 0.3 is 5.97 Å². The Morgan fingerprint density at radius 1 is 1.10 bits per heavy atom. The van der Waals surface area contributed by atoms with E-state index in [9.17, 15) is 4.79 Å². The van der Waals surface area contributed by atoms with Crippen LogP contribution in [0.1, 0.15) is 65.6 Å². The number of hydrogen-bond acceptors (Lipinski definition) is 7. The van der Waals surface area contributed by atoms with Gasteiger partial charge in [-0.15, -0.1) is 0 Å². The van der Waals surface area contributed by atoms with Crippen molar-refractivity contribution in [3.8, 4) is 11.8 Å². The van der Waals surface area contributed by atoms with E-state index in [0.29, 0.717) is 30.8 Å². The highest BCUT2D eigenvalue weighted by molar-refractivity contribution is 5.94. The molecule has 8 nitrogen and oxygen atoms in total. The molecule has 1 atom stereocenters. The Balaban J connectivity index is 1.19. The number of nitriles is 1. The Kier molecular flexibility index (Phi) is 7.72. The van der Waals surface area contributed by atoms with Crippen LogP contribution in [-0.4, -0.2) is 45.3 Å². The minimum atomic E-state index is -0.559. The number of rotatable bonds is 8. The molecule has 3 aromatic carbocycles. The van der Waals surface area contributed by atoms with Gasteiger partial charge in [-0.2, -0.15) is 5.26 Å². The minimum Gasteiger partial charge on any atom is -0.489 e. The Hall–Kier alpha value is -4.19. The predicted octanol–water partition coefficient (Wildman–Crippen LogP) is 5.79. The number of ether oxygens (including phenoxy) is 3. The van der Waals surface area contributed by atoms with Crippen LogP contribution in [0.5, 0.6) is 5.75 Å². The van der Waals surface area contributed by atoms with Gasteiger partial charge in [-0.25, -0.2) is 9.78 Å². The van der Waals surface area contributed by atoms with Crippen LogP contribution in [0.2, 0.25) is 0 Å². The van der Waals surface area contributed by atoms with Gasteiger partial charge in [0.1, 0.15) is 23.8 Å². The lowest BCUT2D eigenvalue weighted by Gasteiger charge is -2.30. The number of carbonyl (C=O) groups excluding carboxylic acids is 1. The van der Waals surface area contributed by atoms with Crippen LogP contribution in [0, 0.1) is 11.3 Å². The summed E-state index contributed by atoms with van der Waals surface area (Å²) in [6, 6.07) is 21.6. The van der Waals surface area contributed by atoms with Gasteiger partial charge in [0, 0.05) is 19.7 Å². The monoisotopic (exact) mass is 564 g/mol. The van der Waals surface area contributed by atoms with Crippen LogP contribution in [0.25, 0.3) is 11.0 Å². The first-order chi connectivity index (χ1) is 20.2. The molecule has 1 aromatic heterocycles. The molecule has 0 amide bonds. The van der Waals surface area contributed by atoms with Crippen molar-refractivity contribution >= 4 is 17.0 Å². The Morgan fingerprint density at radius 3 is 2.62 bits per heavy atom. The fourth-order valence-corrected chi connectivity index (χ4v) is 5.45. The van der Waals surface area contributed by atoms with Gasteiger partial charge in [-0.3, -0.25) is 4.90 Å². The van der Waals surface area contributed by atoms with E-state index in [0.717, 1.165) is 60.7 Å². The van der Waals surface area contributed by atoms with Crippen LogP contribution < -0.4 is 4.74 Å². The molecule has 3 heterocycles. The molecular weight excluding hydrogens is 528 g/mol. The first-order valence-corrected chi connectivity index (χ1v) is 14.5. The second kappa shape index (κ2) is 11.6. The molecule has 0 spiro atoms. The highest BCUT2D eigenvalue weighted by Crippen LogP contribution is 2.28. The van der Waals surface area contributed by atoms with Gasteiger partial charge in [0.05, 0.1) is 47.4 Å². The van der Waals surface area contributed by atoms with Crippen molar-refractivity contribution < 1.29 is 19.0 Å². The van der Waals surface area contributed by atoms with Crippen molar-refractivity contribution in [2.75, 3.05) is 13.2 Å². The van der Waals surface area contributed by atoms with E-state index >= 15 is 0 Å². The second-order valence-electron chi connectivity index (χ2n) is 12.1. The molecule has 216 valence electrons. The summed E-state index contributed by atoms with van der Waals surface area (Å²) < 4.78 is 19.7. The summed E-state index contributed by atoms with van der Waals surface area (Å²) in [5.41, 5.74) is 6.04. The molecule has 2 aliphatic heterocycles. The quantitative estimate of drug-likeness (QED) is 0.250. The van der Waals surface area contributed by atoms with Crippen LogP contribution in [0.3, 0.4) is 0 Å². The van der Waals surface area contributed by atoms with E-state index in [-0.39, 0.29) is 12.1 Å². The summed E-state index contributed by atoms with van der Waals surface area (Å²) in [6.45, 7) is 10.0. The smallest absolute Gasteiger partial charge is 0.338 e. The van der Waals surface area contributed by atoms with E-state index in [2.05, 4.69) is 27.7 Å². The molecule has 1 saturated heterocycles. The van der Waals surface area contributed by atoms with Crippen LogP contribution >= 0.6 is 0 Å². The van der Waals surface area contributed by atoms with E-state index in [1.807, 2.05) is 63.2 Å². The molecule has 42 heavy (non-hydrogen) atoms. The molecule has 2 aliphatic rings. The van der Waals surface area contributed by atoms with Crippen molar-refractivity contribution in [2.24, 2.45) is 0 Å². The summed E-state index contributed by atoms with van der Waals surface area (Å²) in [4.78, 5) is 20.2. The van der Waals surface area contributed by atoms with E-state index in [1.165, 1.54) is 11.1 Å². The molecular formula is C34H36N4O4. The topological polar surface area (TPSA) is 89.6 Å². The molecule has 0 N–H and O–H groups in total. The summed E-state index contributed by atoms with van der Waals surface area (Å²) in [5.74, 6) is 1.48. The maximum absolute atomic E-state index is 12.8. The lowest BCUT2D eigenvalue weighted by Crippen LogP contribution is -2.34. The molecule has 0 saturated carbocycles. The molecule has 0 bridgehead atoms. The molecule has 1 fully saturated rings. The van der Waals surface area contributed by atoms with E-state index in [4.69, 9.17) is 24.5 Å². The first kappa shape index (κ1) is 28.0. The van der Waals surface area contributed by atoms with Crippen LogP contribution in [0.4, 0.5) is 0 Å². The lowest BCUT2D eigenvalue weighted by molar-refractivity contribution is -0.0592. The number of hydrogen-bond donors (Lipinski definition) is 0. The van der Waals surface area contributed by atoms with Gasteiger partial charge in [0.15, 0.2) is 0 Å². The zero-order chi connectivity index (χ0) is 29.3. The Labute approximate surface area is 246 Å². The predicted molar refractivity (Wildman–Crippen MR) is 159 cm³/mol. The first-order valence-electron chi connectivity index (χ1n) is 14.5. The van der Waals surface area contributed by atoms with Gasteiger partial charge < -0.3 is 18.8 Å². The number of esters is 1. The summed E-state index contributed by atoms with van der Waals surface area (Å²) in [6.07, 6.45) is 2.14. The van der Waals surface area contributed by atoms with Gasteiger partial charge in [-0.05, 0) is 92.8 Å². The lowest BCUT2D eigenvalue weighted by atomic mass is 9.99. The summed E-state index contributed by atoms with van der Waals surface area (Å²) >= 11 is 0. The standard InChI is InChI=1S/C34H36N4O4/c1-34(2,3)42-33(39)26-9-11-30-31(17-26)38(20-29-13-15-40-29)32(36-30)21-37-14-12-25-8-10-28(16-27(25)19-37)41-22-24-6-4-23(18-35)5-7-24/h4-11,16-17,29H,12-15,19-22H2,1-3H3/t29-/m0/s1. The molecule has 0 aliphatic carbocycles. The third-order valence-corrected chi connectivity index (χ3v) is 7.76. The number of fused-ring (bicyclic) bond motifs is 2. The van der Waals surface area contributed by atoms with Gasteiger partial charge in [0.25, 0.3) is 0 Å². The van der Waals surface area contributed by atoms with Crippen molar-refractivity contribution in [1.29, 1.82) is 5.26 Å². The number of benzene rings is 3. The average Bonchev–Trinajstić information content (AvgIpc) is 3.28. The van der Waals surface area contributed by atoms with Crippen molar-refractivity contribution in [3.63, 3.8) is 0 Å².